The molecule has 150 valence electrons. The molecule has 2 aromatic rings. The number of hydrogen-bond acceptors (Lipinski definition) is 5. The Labute approximate surface area is 165 Å². The van der Waals surface area contributed by atoms with E-state index in [0.29, 0.717) is 17.1 Å². The van der Waals surface area contributed by atoms with Crippen LogP contribution in [0.5, 0.6) is 11.5 Å². The maximum Gasteiger partial charge on any atom is 0.310 e. The number of amides is 1. The van der Waals surface area contributed by atoms with Gasteiger partial charge in [0.15, 0.2) is 6.61 Å². The largest absolute Gasteiger partial charge is 0.497 e. The summed E-state index contributed by atoms with van der Waals surface area (Å²) in [7, 11) is 3.07. The van der Waals surface area contributed by atoms with Crippen LogP contribution >= 0.6 is 0 Å². The number of esters is 1. The summed E-state index contributed by atoms with van der Waals surface area (Å²) in [4.78, 5) is 24.2. The molecular formula is C22H27NO5. The van der Waals surface area contributed by atoms with Crippen molar-refractivity contribution >= 4 is 11.9 Å². The second-order valence-electron chi connectivity index (χ2n) is 6.65. The Morgan fingerprint density at radius 2 is 1.75 bits per heavy atom. The summed E-state index contributed by atoms with van der Waals surface area (Å²) in [5, 5.41) is 2.84. The Morgan fingerprint density at radius 1 is 1.00 bits per heavy atom. The van der Waals surface area contributed by atoms with Crippen molar-refractivity contribution < 1.29 is 23.8 Å². The molecule has 0 spiro atoms. The lowest BCUT2D eigenvalue weighted by Crippen LogP contribution is -2.31. The monoisotopic (exact) mass is 385 g/mol. The molecule has 0 aliphatic heterocycles. The highest BCUT2D eigenvalue weighted by atomic mass is 16.5. The number of rotatable bonds is 8. The molecule has 0 saturated heterocycles. The number of benzene rings is 2. The van der Waals surface area contributed by atoms with Gasteiger partial charge in [0.2, 0.25) is 0 Å². The molecule has 6 nitrogen and oxygen atoms in total. The third-order valence-electron chi connectivity index (χ3n) is 4.60. The van der Waals surface area contributed by atoms with E-state index in [4.69, 9.17) is 14.2 Å². The van der Waals surface area contributed by atoms with Gasteiger partial charge >= 0.3 is 5.97 Å². The first-order valence-corrected chi connectivity index (χ1v) is 9.07. The van der Waals surface area contributed by atoms with Gasteiger partial charge in [0.05, 0.1) is 26.7 Å². The number of ether oxygens (including phenoxy) is 3. The summed E-state index contributed by atoms with van der Waals surface area (Å²) in [6, 6.07) is 11.0. The molecule has 0 bridgehead atoms. The van der Waals surface area contributed by atoms with E-state index in [9.17, 15) is 9.59 Å². The van der Waals surface area contributed by atoms with Crippen LogP contribution in [0.4, 0.5) is 0 Å². The van der Waals surface area contributed by atoms with E-state index in [-0.39, 0.29) is 25.0 Å². The quantitative estimate of drug-likeness (QED) is 0.706. The molecule has 0 aliphatic rings. The van der Waals surface area contributed by atoms with Crippen molar-refractivity contribution in [3.63, 3.8) is 0 Å². The number of nitrogens with one attached hydrogen (secondary N) is 1. The number of hydrogen-bond donors (Lipinski definition) is 1. The summed E-state index contributed by atoms with van der Waals surface area (Å²) >= 11 is 0. The Balaban J connectivity index is 1.86. The number of aryl methyl sites for hydroxylation is 2. The van der Waals surface area contributed by atoms with Gasteiger partial charge in [0.1, 0.15) is 11.5 Å². The maximum atomic E-state index is 12.1. The van der Waals surface area contributed by atoms with Crippen molar-refractivity contribution in [2.45, 2.75) is 33.2 Å². The molecule has 1 amide bonds. The van der Waals surface area contributed by atoms with Crippen LogP contribution < -0.4 is 14.8 Å². The van der Waals surface area contributed by atoms with E-state index in [2.05, 4.69) is 5.32 Å². The van der Waals surface area contributed by atoms with Crippen LogP contribution in [0.25, 0.3) is 0 Å². The number of methoxy groups -OCH3 is 2. The van der Waals surface area contributed by atoms with Gasteiger partial charge in [-0.05, 0) is 43.5 Å². The minimum absolute atomic E-state index is 0.00710. The highest BCUT2D eigenvalue weighted by molar-refractivity contribution is 5.81. The first kappa shape index (κ1) is 21.3. The Hall–Kier alpha value is -3.02. The molecule has 1 atom stereocenters. The Bertz CT molecular complexity index is 847. The van der Waals surface area contributed by atoms with Gasteiger partial charge in [-0.1, -0.05) is 24.3 Å². The van der Waals surface area contributed by atoms with Crippen molar-refractivity contribution in [2.75, 3.05) is 20.8 Å². The molecule has 0 heterocycles. The zero-order chi connectivity index (χ0) is 20.7. The highest BCUT2D eigenvalue weighted by Gasteiger charge is 2.15. The van der Waals surface area contributed by atoms with Gasteiger partial charge in [0.25, 0.3) is 5.91 Å². The topological polar surface area (TPSA) is 73.9 Å². The summed E-state index contributed by atoms with van der Waals surface area (Å²) in [6.45, 7) is 5.64. The summed E-state index contributed by atoms with van der Waals surface area (Å²) in [5.74, 6) is 0.316. The van der Waals surface area contributed by atoms with Crippen LogP contribution in [0.3, 0.4) is 0 Å². The molecule has 0 aliphatic carbocycles. The van der Waals surface area contributed by atoms with E-state index in [1.807, 2.05) is 39.0 Å². The molecule has 6 heteroatoms. The average molecular weight is 385 g/mol. The molecule has 0 fully saturated rings. The zero-order valence-electron chi connectivity index (χ0n) is 17.0. The molecule has 0 radical (unpaired) electrons. The van der Waals surface area contributed by atoms with Crippen LogP contribution in [0.2, 0.25) is 0 Å². The average Bonchev–Trinajstić information content (AvgIpc) is 2.68. The molecule has 1 N–H and O–H groups in total. The van der Waals surface area contributed by atoms with Crippen LogP contribution in [-0.2, 0) is 20.7 Å². The number of carbonyl (C=O) groups excluding carboxylic acids is 2. The third kappa shape index (κ3) is 5.74. The normalized spacial score (nSPS) is 11.5. The van der Waals surface area contributed by atoms with Gasteiger partial charge in [-0.3, -0.25) is 9.59 Å². The van der Waals surface area contributed by atoms with Gasteiger partial charge in [0, 0.05) is 11.6 Å². The van der Waals surface area contributed by atoms with E-state index in [1.165, 1.54) is 18.2 Å². The molecular weight excluding hydrogens is 358 g/mol. The van der Waals surface area contributed by atoms with Crippen LogP contribution in [0.15, 0.2) is 36.4 Å². The molecule has 0 saturated carbocycles. The maximum absolute atomic E-state index is 12.1. The van der Waals surface area contributed by atoms with Crippen molar-refractivity contribution in [3.05, 3.63) is 58.7 Å². The molecule has 1 unspecified atom stereocenters. The van der Waals surface area contributed by atoms with E-state index in [1.54, 1.807) is 25.3 Å². The van der Waals surface area contributed by atoms with Gasteiger partial charge in [-0.15, -0.1) is 0 Å². The second kappa shape index (κ2) is 9.78. The fourth-order valence-electron chi connectivity index (χ4n) is 2.75. The first-order chi connectivity index (χ1) is 13.3. The predicted molar refractivity (Wildman–Crippen MR) is 107 cm³/mol. The Morgan fingerprint density at radius 3 is 2.39 bits per heavy atom. The summed E-state index contributed by atoms with van der Waals surface area (Å²) in [5.41, 5.74) is 4.03. The minimum Gasteiger partial charge on any atom is -0.497 e. The van der Waals surface area contributed by atoms with E-state index < -0.39 is 5.97 Å². The van der Waals surface area contributed by atoms with Gasteiger partial charge in [-0.25, -0.2) is 0 Å². The van der Waals surface area contributed by atoms with E-state index >= 15 is 0 Å². The third-order valence-corrected chi connectivity index (χ3v) is 4.60. The highest BCUT2D eigenvalue weighted by Crippen LogP contribution is 2.25. The molecule has 0 aromatic heterocycles. The fourth-order valence-corrected chi connectivity index (χ4v) is 2.75. The lowest BCUT2D eigenvalue weighted by molar-refractivity contribution is -0.148. The lowest BCUT2D eigenvalue weighted by atomic mass is 10.0. The van der Waals surface area contributed by atoms with Crippen molar-refractivity contribution in [2.24, 2.45) is 0 Å². The Kier molecular flexibility index (Phi) is 7.44. The van der Waals surface area contributed by atoms with Gasteiger partial charge in [-0.2, -0.15) is 0 Å². The van der Waals surface area contributed by atoms with E-state index in [0.717, 1.165) is 5.56 Å². The molecule has 2 aromatic carbocycles. The summed E-state index contributed by atoms with van der Waals surface area (Å²) < 4.78 is 15.5. The number of carbonyl (C=O) groups is 2. The predicted octanol–water partition coefficient (Wildman–Crippen LogP) is 3.28. The smallest absolute Gasteiger partial charge is 0.310 e. The minimum atomic E-state index is -0.502. The van der Waals surface area contributed by atoms with Crippen LogP contribution in [0.1, 0.15) is 35.2 Å². The van der Waals surface area contributed by atoms with Crippen LogP contribution in [-0.4, -0.2) is 32.7 Å². The standard InChI is InChI=1S/C22H27NO5/c1-14-6-7-17(10-15(14)2)16(3)23-21(24)13-28-22(25)11-18-8-9-19(26-4)12-20(18)27-5/h6-10,12,16H,11,13H2,1-5H3,(H,23,24). The SMILES string of the molecule is COc1ccc(CC(=O)OCC(=O)NC(C)c2ccc(C)c(C)c2)c(OC)c1. The second-order valence-corrected chi connectivity index (χ2v) is 6.65. The lowest BCUT2D eigenvalue weighted by Gasteiger charge is -2.16. The zero-order valence-corrected chi connectivity index (χ0v) is 17.0. The van der Waals surface area contributed by atoms with Crippen molar-refractivity contribution in [1.82, 2.24) is 5.32 Å². The summed E-state index contributed by atoms with van der Waals surface area (Å²) in [6.07, 6.45) is 0.00710. The molecule has 2 rings (SSSR count). The first-order valence-electron chi connectivity index (χ1n) is 9.07. The fraction of sp³-hybridized carbons (Fsp3) is 0.364. The van der Waals surface area contributed by atoms with Crippen molar-refractivity contribution in [1.29, 1.82) is 0 Å². The van der Waals surface area contributed by atoms with Gasteiger partial charge < -0.3 is 19.5 Å². The molecule has 28 heavy (non-hydrogen) atoms. The van der Waals surface area contributed by atoms with Crippen molar-refractivity contribution in [3.8, 4) is 11.5 Å². The van der Waals surface area contributed by atoms with Crippen LogP contribution in [0, 0.1) is 13.8 Å².